The molecule has 6 nitrogen and oxygen atoms in total. The van der Waals surface area contributed by atoms with Crippen molar-refractivity contribution in [2.45, 2.75) is 19.3 Å². The molecule has 2 saturated heterocycles. The Kier molecular flexibility index (Phi) is 5.06. The highest BCUT2D eigenvalue weighted by atomic mass is 15.3. The zero-order valence-electron chi connectivity index (χ0n) is 14.7. The maximum atomic E-state index is 4.81. The zero-order valence-corrected chi connectivity index (χ0v) is 14.7. The highest BCUT2D eigenvalue weighted by Crippen LogP contribution is 2.20. The van der Waals surface area contributed by atoms with Gasteiger partial charge in [-0.2, -0.15) is 4.98 Å². The van der Waals surface area contributed by atoms with E-state index in [0.717, 1.165) is 64.0 Å². The summed E-state index contributed by atoms with van der Waals surface area (Å²) in [6.45, 7) is 7.42. The van der Waals surface area contributed by atoms with Gasteiger partial charge in [-0.05, 0) is 31.0 Å². The summed E-state index contributed by atoms with van der Waals surface area (Å²) in [6, 6.07) is 8.18. The fraction of sp³-hybridized carbons (Fsp3) is 0.526. The molecule has 6 heteroatoms. The lowest BCUT2D eigenvalue weighted by Gasteiger charge is -2.35. The van der Waals surface area contributed by atoms with Gasteiger partial charge in [-0.15, -0.1) is 0 Å². The molecule has 0 aromatic carbocycles. The Morgan fingerprint density at radius 3 is 2.40 bits per heavy atom. The average molecular weight is 338 g/mol. The van der Waals surface area contributed by atoms with Crippen LogP contribution in [0.5, 0.6) is 0 Å². The third kappa shape index (κ3) is 4.07. The van der Waals surface area contributed by atoms with Crippen LogP contribution in [0, 0.1) is 0 Å². The van der Waals surface area contributed by atoms with Gasteiger partial charge in [-0.1, -0.05) is 6.07 Å². The molecule has 25 heavy (non-hydrogen) atoms. The predicted molar refractivity (Wildman–Crippen MR) is 100 cm³/mol. The van der Waals surface area contributed by atoms with E-state index in [2.05, 4.69) is 36.8 Å². The Labute approximate surface area is 149 Å². The average Bonchev–Trinajstić information content (AvgIpc) is 3.23. The standard InChI is InChI=1S/C19H26N6/c1-2-8-20-17(5-1)7-12-23-13-15-25(16-14-23)19-21-9-6-18(22-19)24-10-3-4-11-24/h1-2,5-6,8-9H,3-4,7,10-16H2. The molecule has 2 aliphatic rings. The smallest absolute Gasteiger partial charge is 0.227 e. The number of nitrogens with zero attached hydrogens (tertiary/aromatic N) is 6. The number of rotatable bonds is 5. The molecule has 2 aromatic rings. The van der Waals surface area contributed by atoms with E-state index < -0.39 is 0 Å². The van der Waals surface area contributed by atoms with Crippen molar-refractivity contribution in [3.8, 4) is 0 Å². The van der Waals surface area contributed by atoms with Crippen LogP contribution in [0.15, 0.2) is 36.7 Å². The van der Waals surface area contributed by atoms with Crippen LogP contribution < -0.4 is 9.80 Å². The predicted octanol–water partition coefficient (Wildman–Crippen LogP) is 1.84. The molecule has 0 N–H and O–H groups in total. The fourth-order valence-corrected chi connectivity index (χ4v) is 3.60. The van der Waals surface area contributed by atoms with Gasteiger partial charge in [0.05, 0.1) is 0 Å². The second-order valence-corrected chi connectivity index (χ2v) is 6.81. The first-order valence-corrected chi connectivity index (χ1v) is 9.34. The molecule has 2 aromatic heterocycles. The van der Waals surface area contributed by atoms with Crippen molar-refractivity contribution < 1.29 is 0 Å². The molecule has 132 valence electrons. The SMILES string of the molecule is c1ccc(CCN2CCN(c3nccc(N4CCCC4)n3)CC2)nc1. The van der Waals surface area contributed by atoms with E-state index in [1.807, 2.05) is 24.5 Å². The zero-order chi connectivity index (χ0) is 16.9. The summed E-state index contributed by atoms with van der Waals surface area (Å²) in [6.07, 6.45) is 7.34. The maximum Gasteiger partial charge on any atom is 0.227 e. The molecule has 4 rings (SSSR count). The topological polar surface area (TPSA) is 48.4 Å². The minimum absolute atomic E-state index is 0.883. The minimum Gasteiger partial charge on any atom is -0.356 e. The molecule has 0 spiro atoms. The second kappa shape index (κ2) is 7.78. The molecule has 0 amide bonds. The van der Waals surface area contributed by atoms with E-state index in [0.29, 0.717) is 0 Å². The molecule has 0 saturated carbocycles. The van der Waals surface area contributed by atoms with Gasteiger partial charge in [0.2, 0.25) is 5.95 Å². The van der Waals surface area contributed by atoms with Crippen LogP contribution in [0.4, 0.5) is 11.8 Å². The van der Waals surface area contributed by atoms with Crippen LogP contribution in [0.1, 0.15) is 18.5 Å². The maximum absolute atomic E-state index is 4.81. The van der Waals surface area contributed by atoms with Gasteiger partial charge in [0.25, 0.3) is 0 Å². The first-order chi connectivity index (χ1) is 12.4. The van der Waals surface area contributed by atoms with Gasteiger partial charge >= 0.3 is 0 Å². The molecular weight excluding hydrogens is 312 g/mol. The molecule has 0 atom stereocenters. The van der Waals surface area contributed by atoms with Crippen LogP contribution >= 0.6 is 0 Å². The van der Waals surface area contributed by atoms with Crippen LogP contribution in [-0.2, 0) is 6.42 Å². The van der Waals surface area contributed by atoms with Gasteiger partial charge < -0.3 is 9.80 Å². The lowest BCUT2D eigenvalue weighted by molar-refractivity contribution is 0.259. The Hall–Kier alpha value is -2.21. The largest absolute Gasteiger partial charge is 0.356 e. The molecule has 0 unspecified atom stereocenters. The van der Waals surface area contributed by atoms with Crippen molar-refractivity contribution >= 4 is 11.8 Å². The first-order valence-electron chi connectivity index (χ1n) is 9.34. The summed E-state index contributed by atoms with van der Waals surface area (Å²) in [7, 11) is 0. The van der Waals surface area contributed by atoms with Crippen LogP contribution in [-0.4, -0.2) is 65.7 Å². The summed E-state index contributed by atoms with van der Waals surface area (Å²) < 4.78 is 0. The van der Waals surface area contributed by atoms with Gasteiger partial charge in [-0.3, -0.25) is 9.88 Å². The Bertz CT molecular complexity index is 663. The quantitative estimate of drug-likeness (QED) is 0.829. The second-order valence-electron chi connectivity index (χ2n) is 6.81. The molecule has 0 radical (unpaired) electrons. The van der Waals surface area contributed by atoms with Crippen molar-refractivity contribution in [3.05, 3.63) is 42.4 Å². The summed E-state index contributed by atoms with van der Waals surface area (Å²) in [5, 5.41) is 0. The molecular formula is C19H26N6. The Morgan fingerprint density at radius 1 is 0.800 bits per heavy atom. The van der Waals surface area contributed by atoms with E-state index in [9.17, 15) is 0 Å². The lowest BCUT2D eigenvalue weighted by Crippen LogP contribution is -2.47. The molecule has 2 fully saturated rings. The lowest BCUT2D eigenvalue weighted by atomic mass is 10.2. The van der Waals surface area contributed by atoms with Gasteiger partial charge in [0.1, 0.15) is 5.82 Å². The fourth-order valence-electron chi connectivity index (χ4n) is 3.60. The van der Waals surface area contributed by atoms with E-state index in [-0.39, 0.29) is 0 Å². The molecule has 0 aliphatic carbocycles. The highest BCUT2D eigenvalue weighted by Gasteiger charge is 2.20. The summed E-state index contributed by atoms with van der Waals surface area (Å²) in [5.74, 6) is 1.97. The summed E-state index contributed by atoms with van der Waals surface area (Å²) in [4.78, 5) is 20.9. The van der Waals surface area contributed by atoms with Crippen molar-refractivity contribution in [3.63, 3.8) is 0 Å². The Balaban J connectivity index is 1.30. The van der Waals surface area contributed by atoms with Crippen molar-refractivity contribution in [2.24, 2.45) is 0 Å². The number of pyridine rings is 1. The number of aromatic nitrogens is 3. The minimum atomic E-state index is 0.883. The van der Waals surface area contributed by atoms with Crippen molar-refractivity contribution in [2.75, 3.05) is 55.6 Å². The summed E-state index contributed by atoms with van der Waals surface area (Å²) in [5.41, 5.74) is 1.17. The first kappa shape index (κ1) is 16.3. The number of hydrogen-bond acceptors (Lipinski definition) is 6. The van der Waals surface area contributed by atoms with Gasteiger partial charge in [0, 0.05) is 70.3 Å². The molecule has 0 bridgehead atoms. The highest BCUT2D eigenvalue weighted by molar-refractivity contribution is 5.44. The van der Waals surface area contributed by atoms with Gasteiger partial charge in [0.15, 0.2) is 0 Å². The van der Waals surface area contributed by atoms with Crippen molar-refractivity contribution in [1.82, 2.24) is 19.9 Å². The monoisotopic (exact) mass is 338 g/mol. The van der Waals surface area contributed by atoms with Crippen LogP contribution in [0.25, 0.3) is 0 Å². The van der Waals surface area contributed by atoms with E-state index in [4.69, 9.17) is 4.98 Å². The third-order valence-electron chi connectivity index (χ3n) is 5.12. The third-order valence-corrected chi connectivity index (χ3v) is 5.12. The van der Waals surface area contributed by atoms with E-state index >= 15 is 0 Å². The summed E-state index contributed by atoms with van der Waals surface area (Å²) >= 11 is 0. The normalized spacial score (nSPS) is 18.7. The van der Waals surface area contributed by atoms with Crippen LogP contribution in [0.3, 0.4) is 0 Å². The number of hydrogen-bond donors (Lipinski definition) is 0. The van der Waals surface area contributed by atoms with E-state index in [1.165, 1.54) is 18.5 Å². The molecule has 4 heterocycles. The Morgan fingerprint density at radius 2 is 1.64 bits per heavy atom. The molecule has 2 aliphatic heterocycles. The van der Waals surface area contributed by atoms with Crippen LogP contribution in [0.2, 0.25) is 0 Å². The van der Waals surface area contributed by atoms with Gasteiger partial charge in [-0.25, -0.2) is 4.98 Å². The van der Waals surface area contributed by atoms with Crippen molar-refractivity contribution in [1.29, 1.82) is 0 Å². The van der Waals surface area contributed by atoms with E-state index in [1.54, 1.807) is 0 Å². The number of piperazine rings is 1. The number of anilines is 2.